The Morgan fingerprint density at radius 1 is 1.42 bits per heavy atom. The van der Waals surface area contributed by atoms with Gasteiger partial charge in [-0.25, -0.2) is 4.79 Å². The van der Waals surface area contributed by atoms with Gasteiger partial charge in [-0.1, -0.05) is 13.3 Å². The molecule has 1 rings (SSSR count). The van der Waals surface area contributed by atoms with Crippen LogP contribution in [0.4, 0.5) is 4.79 Å². The third kappa shape index (κ3) is 5.46. The number of rotatable bonds is 6. The lowest BCUT2D eigenvalue weighted by atomic mass is 10.1. The SMILES string of the molecule is CCCC(CC(=O)O)NC(=O)N(C)C1CCNCC1. The maximum absolute atomic E-state index is 12.1. The summed E-state index contributed by atoms with van der Waals surface area (Å²) in [4.78, 5) is 24.6. The molecule has 6 heteroatoms. The van der Waals surface area contributed by atoms with Crippen molar-refractivity contribution >= 4 is 12.0 Å². The lowest BCUT2D eigenvalue weighted by Gasteiger charge is -2.32. The summed E-state index contributed by atoms with van der Waals surface area (Å²) in [5, 5.41) is 14.9. The number of carbonyl (C=O) groups is 2. The monoisotopic (exact) mass is 271 g/mol. The fourth-order valence-corrected chi connectivity index (χ4v) is 2.42. The van der Waals surface area contributed by atoms with E-state index >= 15 is 0 Å². The molecule has 110 valence electrons. The molecule has 0 aromatic rings. The first-order valence-electron chi connectivity index (χ1n) is 7.00. The lowest BCUT2D eigenvalue weighted by Crippen LogP contribution is -2.50. The summed E-state index contributed by atoms with van der Waals surface area (Å²) in [5.74, 6) is -0.872. The van der Waals surface area contributed by atoms with Crippen LogP contribution in [0.2, 0.25) is 0 Å². The van der Waals surface area contributed by atoms with Crippen molar-refractivity contribution in [2.24, 2.45) is 0 Å². The summed E-state index contributed by atoms with van der Waals surface area (Å²) >= 11 is 0. The standard InChI is InChI=1S/C13H25N3O3/c1-3-4-10(9-12(17)18)15-13(19)16(2)11-5-7-14-8-6-11/h10-11,14H,3-9H2,1-2H3,(H,15,19)(H,17,18). The van der Waals surface area contributed by atoms with Crippen LogP contribution in [0.15, 0.2) is 0 Å². The Bertz CT molecular complexity index is 304. The van der Waals surface area contributed by atoms with Gasteiger partial charge in [-0.05, 0) is 32.4 Å². The van der Waals surface area contributed by atoms with Crippen LogP contribution in [0.25, 0.3) is 0 Å². The van der Waals surface area contributed by atoms with Crippen molar-refractivity contribution in [3.8, 4) is 0 Å². The molecule has 0 aliphatic carbocycles. The first kappa shape index (κ1) is 15.8. The molecule has 1 aliphatic heterocycles. The molecule has 2 amide bonds. The van der Waals surface area contributed by atoms with Gasteiger partial charge >= 0.3 is 12.0 Å². The van der Waals surface area contributed by atoms with Crippen LogP contribution in [0.5, 0.6) is 0 Å². The van der Waals surface area contributed by atoms with Crippen molar-refractivity contribution in [3.05, 3.63) is 0 Å². The number of aliphatic carboxylic acids is 1. The van der Waals surface area contributed by atoms with E-state index in [1.165, 1.54) is 0 Å². The van der Waals surface area contributed by atoms with Gasteiger partial charge in [-0.15, -0.1) is 0 Å². The molecule has 3 N–H and O–H groups in total. The van der Waals surface area contributed by atoms with Crippen molar-refractivity contribution < 1.29 is 14.7 Å². The molecule has 0 saturated carbocycles. The van der Waals surface area contributed by atoms with Gasteiger partial charge in [0.1, 0.15) is 0 Å². The summed E-state index contributed by atoms with van der Waals surface area (Å²) in [7, 11) is 1.79. The highest BCUT2D eigenvalue weighted by Crippen LogP contribution is 2.11. The van der Waals surface area contributed by atoms with Gasteiger partial charge in [-0.2, -0.15) is 0 Å². The number of urea groups is 1. The Morgan fingerprint density at radius 2 is 2.05 bits per heavy atom. The first-order chi connectivity index (χ1) is 9.04. The Hall–Kier alpha value is -1.30. The minimum atomic E-state index is -0.872. The molecule has 1 atom stereocenters. The van der Waals surface area contributed by atoms with Gasteiger partial charge in [0.2, 0.25) is 0 Å². The molecule has 1 aliphatic rings. The molecule has 1 unspecified atom stereocenters. The Labute approximate surface area is 114 Å². The normalized spacial score (nSPS) is 17.8. The Kier molecular flexibility index (Phi) is 6.62. The van der Waals surface area contributed by atoms with E-state index in [9.17, 15) is 9.59 Å². The predicted octanol–water partition coefficient (Wildman–Crippen LogP) is 1.02. The fraction of sp³-hybridized carbons (Fsp3) is 0.846. The van der Waals surface area contributed by atoms with Gasteiger partial charge in [0.15, 0.2) is 0 Å². The van der Waals surface area contributed by atoms with Gasteiger partial charge in [0, 0.05) is 19.1 Å². The summed E-state index contributed by atoms with van der Waals surface area (Å²) in [6, 6.07) is -0.195. The zero-order valence-electron chi connectivity index (χ0n) is 11.8. The van der Waals surface area contributed by atoms with Crippen LogP contribution in [-0.2, 0) is 4.79 Å². The van der Waals surface area contributed by atoms with E-state index in [-0.39, 0.29) is 24.5 Å². The Balaban J connectivity index is 2.47. The zero-order valence-corrected chi connectivity index (χ0v) is 11.8. The van der Waals surface area contributed by atoms with Crippen molar-refractivity contribution in [1.29, 1.82) is 0 Å². The van der Waals surface area contributed by atoms with Crippen molar-refractivity contribution in [2.45, 2.75) is 51.1 Å². The number of carboxylic acids is 1. The quantitative estimate of drug-likeness (QED) is 0.674. The second kappa shape index (κ2) is 7.99. The molecule has 6 nitrogen and oxygen atoms in total. The number of amides is 2. The molecule has 0 radical (unpaired) electrons. The number of nitrogens with one attached hydrogen (secondary N) is 2. The largest absolute Gasteiger partial charge is 0.481 e. The van der Waals surface area contributed by atoms with E-state index in [4.69, 9.17) is 5.11 Å². The maximum Gasteiger partial charge on any atom is 0.317 e. The summed E-state index contributed by atoms with van der Waals surface area (Å²) in [6.07, 6.45) is 3.43. The van der Waals surface area contributed by atoms with E-state index < -0.39 is 5.97 Å². The van der Waals surface area contributed by atoms with Crippen LogP contribution < -0.4 is 10.6 Å². The number of piperidine rings is 1. The minimum absolute atomic E-state index is 0.0142. The topological polar surface area (TPSA) is 81.7 Å². The number of carboxylic acid groups (broad SMARTS) is 1. The van der Waals surface area contributed by atoms with Gasteiger partial charge in [0.25, 0.3) is 0 Å². The molecule has 19 heavy (non-hydrogen) atoms. The van der Waals surface area contributed by atoms with E-state index in [2.05, 4.69) is 10.6 Å². The highest BCUT2D eigenvalue weighted by atomic mass is 16.4. The third-order valence-corrected chi connectivity index (χ3v) is 3.56. The van der Waals surface area contributed by atoms with Gasteiger partial charge in [-0.3, -0.25) is 4.79 Å². The summed E-state index contributed by atoms with van der Waals surface area (Å²) < 4.78 is 0. The number of hydrogen-bond donors (Lipinski definition) is 3. The molecule has 0 aromatic heterocycles. The van der Waals surface area contributed by atoms with Crippen LogP contribution in [0.3, 0.4) is 0 Å². The van der Waals surface area contributed by atoms with E-state index in [1.807, 2.05) is 6.92 Å². The highest BCUT2D eigenvalue weighted by molar-refractivity contribution is 5.76. The molecular weight excluding hydrogens is 246 g/mol. The molecule has 0 spiro atoms. The molecule has 1 fully saturated rings. The molecule has 0 bridgehead atoms. The molecular formula is C13H25N3O3. The summed E-state index contributed by atoms with van der Waals surface area (Å²) in [6.45, 7) is 3.84. The van der Waals surface area contributed by atoms with Crippen LogP contribution in [-0.4, -0.2) is 54.2 Å². The maximum atomic E-state index is 12.1. The zero-order chi connectivity index (χ0) is 14.3. The lowest BCUT2D eigenvalue weighted by molar-refractivity contribution is -0.137. The average Bonchev–Trinajstić information content (AvgIpc) is 2.38. The summed E-state index contributed by atoms with van der Waals surface area (Å²) in [5.41, 5.74) is 0. The minimum Gasteiger partial charge on any atom is -0.481 e. The van der Waals surface area contributed by atoms with Crippen molar-refractivity contribution in [2.75, 3.05) is 20.1 Å². The van der Waals surface area contributed by atoms with Crippen molar-refractivity contribution in [3.63, 3.8) is 0 Å². The third-order valence-electron chi connectivity index (χ3n) is 3.56. The second-order valence-electron chi connectivity index (χ2n) is 5.13. The highest BCUT2D eigenvalue weighted by Gasteiger charge is 2.24. The van der Waals surface area contributed by atoms with Crippen LogP contribution in [0, 0.1) is 0 Å². The van der Waals surface area contributed by atoms with Crippen molar-refractivity contribution in [1.82, 2.24) is 15.5 Å². The molecule has 1 heterocycles. The van der Waals surface area contributed by atoms with E-state index in [0.29, 0.717) is 6.42 Å². The second-order valence-corrected chi connectivity index (χ2v) is 5.13. The van der Waals surface area contributed by atoms with E-state index in [0.717, 1.165) is 32.4 Å². The number of carbonyl (C=O) groups excluding carboxylic acids is 1. The Morgan fingerprint density at radius 3 is 2.58 bits per heavy atom. The first-order valence-corrected chi connectivity index (χ1v) is 7.00. The average molecular weight is 271 g/mol. The van der Waals surface area contributed by atoms with E-state index in [1.54, 1.807) is 11.9 Å². The molecule has 0 aromatic carbocycles. The number of nitrogens with zero attached hydrogens (tertiary/aromatic N) is 1. The smallest absolute Gasteiger partial charge is 0.317 e. The number of hydrogen-bond acceptors (Lipinski definition) is 3. The van der Waals surface area contributed by atoms with Gasteiger partial charge < -0.3 is 20.6 Å². The van der Waals surface area contributed by atoms with Crippen LogP contribution >= 0.6 is 0 Å². The molecule has 1 saturated heterocycles. The fourth-order valence-electron chi connectivity index (χ4n) is 2.42. The van der Waals surface area contributed by atoms with Gasteiger partial charge in [0.05, 0.1) is 6.42 Å². The predicted molar refractivity (Wildman–Crippen MR) is 73.1 cm³/mol. The van der Waals surface area contributed by atoms with Crippen LogP contribution in [0.1, 0.15) is 39.0 Å².